The summed E-state index contributed by atoms with van der Waals surface area (Å²) in [5, 5.41) is 13.0. The molecule has 1 atom stereocenters. The van der Waals surface area contributed by atoms with Crippen molar-refractivity contribution in [3.63, 3.8) is 0 Å². The van der Waals surface area contributed by atoms with E-state index in [0.717, 1.165) is 43.3 Å². The number of phenolic OH excluding ortho intramolecular Hbond substituents is 1. The number of benzene rings is 1. The first-order valence-electron chi connectivity index (χ1n) is 8.01. The van der Waals surface area contributed by atoms with Gasteiger partial charge in [0, 0.05) is 13.1 Å². The second-order valence-electron chi connectivity index (χ2n) is 6.01. The van der Waals surface area contributed by atoms with E-state index >= 15 is 0 Å². The number of nitrogens with one attached hydrogen (secondary N) is 1. The molecule has 0 amide bonds. The standard InChI is InChI=1S/C18H24N2O2/c1-14-7-8-18(22-14)17(20-9-2-3-10-20)13-19-12-15-5-4-6-16(21)11-15/h4-8,11,17,19,21H,2-3,9-10,12-13H2,1H3. The molecule has 0 spiro atoms. The first-order valence-corrected chi connectivity index (χ1v) is 8.01. The van der Waals surface area contributed by atoms with Gasteiger partial charge in [0.15, 0.2) is 0 Å². The van der Waals surface area contributed by atoms with Crippen LogP contribution in [0.2, 0.25) is 0 Å². The van der Waals surface area contributed by atoms with E-state index < -0.39 is 0 Å². The van der Waals surface area contributed by atoms with Gasteiger partial charge in [-0.15, -0.1) is 0 Å². The molecular formula is C18H24N2O2. The van der Waals surface area contributed by atoms with Crippen LogP contribution >= 0.6 is 0 Å². The molecule has 3 rings (SSSR count). The number of phenols is 1. The van der Waals surface area contributed by atoms with Crippen LogP contribution in [0.3, 0.4) is 0 Å². The molecular weight excluding hydrogens is 276 g/mol. The lowest BCUT2D eigenvalue weighted by Crippen LogP contribution is -2.33. The minimum Gasteiger partial charge on any atom is -0.508 e. The predicted octanol–water partition coefficient (Wildman–Crippen LogP) is 3.22. The Kier molecular flexibility index (Phi) is 4.80. The van der Waals surface area contributed by atoms with Crippen molar-refractivity contribution in [2.75, 3.05) is 19.6 Å². The molecule has 1 aliphatic rings. The fourth-order valence-corrected chi connectivity index (χ4v) is 3.12. The van der Waals surface area contributed by atoms with Crippen molar-refractivity contribution in [2.45, 2.75) is 32.4 Å². The van der Waals surface area contributed by atoms with Crippen LogP contribution in [0.1, 0.15) is 36.0 Å². The average molecular weight is 300 g/mol. The van der Waals surface area contributed by atoms with E-state index in [0.29, 0.717) is 5.75 Å². The first-order chi connectivity index (χ1) is 10.7. The van der Waals surface area contributed by atoms with E-state index in [-0.39, 0.29) is 6.04 Å². The number of furan rings is 1. The van der Waals surface area contributed by atoms with Crippen molar-refractivity contribution < 1.29 is 9.52 Å². The van der Waals surface area contributed by atoms with Crippen LogP contribution in [0.25, 0.3) is 0 Å². The highest BCUT2D eigenvalue weighted by Gasteiger charge is 2.25. The van der Waals surface area contributed by atoms with Gasteiger partial charge in [0.1, 0.15) is 17.3 Å². The van der Waals surface area contributed by atoms with E-state index in [2.05, 4.69) is 16.3 Å². The Morgan fingerprint density at radius 1 is 1.23 bits per heavy atom. The fraction of sp³-hybridized carbons (Fsp3) is 0.444. The molecule has 2 N–H and O–H groups in total. The summed E-state index contributed by atoms with van der Waals surface area (Å²) in [6.07, 6.45) is 2.53. The molecule has 0 saturated carbocycles. The van der Waals surface area contributed by atoms with Crippen molar-refractivity contribution in [2.24, 2.45) is 0 Å². The zero-order valence-corrected chi connectivity index (χ0v) is 13.1. The molecule has 1 aliphatic heterocycles. The van der Waals surface area contributed by atoms with Gasteiger partial charge in [0.05, 0.1) is 6.04 Å². The summed E-state index contributed by atoms with van der Waals surface area (Å²) in [7, 11) is 0. The number of hydrogen-bond acceptors (Lipinski definition) is 4. The lowest BCUT2D eigenvalue weighted by atomic mass is 10.1. The molecule has 1 unspecified atom stereocenters. The van der Waals surface area contributed by atoms with Crippen LogP contribution in [0.4, 0.5) is 0 Å². The van der Waals surface area contributed by atoms with E-state index in [4.69, 9.17) is 4.42 Å². The van der Waals surface area contributed by atoms with E-state index in [1.54, 1.807) is 12.1 Å². The summed E-state index contributed by atoms with van der Waals surface area (Å²) in [6, 6.07) is 11.8. The smallest absolute Gasteiger partial charge is 0.122 e. The molecule has 4 nitrogen and oxygen atoms in total. The van der Waals surface area contributed by atoms with Crippen LogP contribution in [0, 0.1) is 6.92 Å². The first kappa shape index (κ1) is 15.1. The molecule has 1 fully saturated rings. The zero-order chi connectivity index (χ0) is 15.4. The molecule has 118 valence electrons. The highest BCUT2D eigenvalue weighted by Crippen LogP contribution is 2.26. The number of nitrogens with zero attached hydrogens (tertiary/aromatic N) is 1. The Morgan fingerprint density at radius 2 is 2.05 bits per heavy atom. The summed E-state index contributed by atoms with van der Waals surface area (Å²) < 4.78 is 5.86. The highest BCUT2D eigenvalue weighted by atomic mass is 16.3. The highest BCUT2D eigenvalue weighted by molar-refractivity contribution is 5.27. The predicted molar refractivity (Wildman–Crippen MR) is 86.8 cm³/mol. The van der Waals surface area contributed by atoms with Crippen molar-refractivity contribution in [3.05, 3.63) is 53.5 Å². The Hall–Kier alpha value is -1.78. The minimum absolute atomic E-state index is 0.286. The molecule has 2 aromatic rings. The molecule has 4 heteroatoms. The van der Waals surface area contributed by atoms with Gasteiger partial charge in [-0.05, 0) is 62.7 Å². The van der Waals surface area contributed by atoms with Gasteiger partial charge in [-0.1, -0.05) is 12.1 Å². The number of likely N-dealkylation sites (tertiary alicyclic amines) is 1. The average Bonchev–Trinajstić information content (AvgIpc) is 3.15. The van der Waals surface area contributed by atoms with Gasteiger partial charge in [0.2, 0.25) is 0 Å². The van der Waals surface area contributed by atoms with Gasteiger partial charge < -0.3 is 14.8 Å². The van der Waals surface area contributed by atoms with Crippen LogP contribution in [-0.2, 0) is 6.54 Å². The number of aromatic hydroxyl groups is 1. The molecule has 1 aromatic heterocycles. The van der Waals surface area contributed by atoms with Gasteiger partial charge in [-0.25, -0.2) is 0 Å². The lowest BCUT2D eigenvalue weighted by Gasteiger charge is -2.26. The minimum atomic E-state index is 0.286. The van der Waals surface area contributed by atoms with Crippen molar-refractivity contribution in [1.82, 2.24) is 10.2 Å². The van der Waals surface area contributed by atoms with Crippen LogP contribution in [-0.4, -0.2) is 29.6 Å². The lowest BCUT2D eigenvalue weighted by molar-refractivity contribution is 0.207. The SMILES string of the molecule is Cc1ccc(C(CNCc2cccc(O)c2)N2CCCC2)o1. The summed E-state index contributed by atoms with van der Waals surface area (Å²) >= 11 is 0. The fourth-order valence-electron chi connectivity index (χ4n) is 3.12. The summed E-state index contributed by atoms with van der Waals surface area (Å²) in [5.41, 5.74) is 1.09. The third-order valence-corrected chi connectivity index (χ3v) is 4.25. The van der Waals surface area contributed by atoms with Gasteiger partial charge >= 0.3 is 0 Å². The molecule has 0 radical (unpaired) electrons. The molecule has 0 aliphatic carbocycles. The van der Waals surface area contributed by atoms with E-state index in [1.165, 1.54) is 12.8 Å². The maximum Gasteiger partial charge on any atom is 0.122 e. The van der Waals surface area contributed by atoms with E-state index in [1.807, 2.05) is 25.1 Å². The van der Waals surface area contributed by atoms with Crippen molar-refractivity contribution in [3.8, 4) is 5.75 Å². The topological polar surface area (TPSA) is 48.6 Å². The molecule has 0 bridgehead atoms. The van der Waals surface area contributed by atoms with Crippen molar-refractivity contribution >= 4 is 0 Å². The Balaban J connectivity index is 1.62. The normalized spacial score (nSPS) is 17.0. The quantitative estimate of drug-likeness (QED) is 0.860. The summed E-state index contributed by atoms with van der Waals surface area (Å²) in [5.74, 6) is 2.33. The van der Waals surface area contributed by atoms with Crippen LogP contribution in [0.15, 0.2) is 40.8 Å². The number of rotatable bonds is 6. The maximum atomic E-state index is 9.52. The Bertz CT molecular complexity index is 603. The third kappa shape index (κ3) is 3.70. The molecule has 1 saturated heterocycles. The monoisotopic (exact) mass is 300 g/mol. The van der Waals surface area contributed by atoms with Gasteiger partial charge in [-0.3, -0.25) is 4.90 Å². The second-order valence-corrected chi connectivity index (χ2v) is 6.01. The van der Waals surface area contributed by atoms with Gasteiger partial charge in [0.25, 0.3) is 0 Å². The van der Waals surface area contributed by atoms with Crippen LogP contribution in [0.5, 0.6) is 5.75 Å². The zero-order valence-electron chi connectivity index (χ0n) is 13.1. The Labute approximate surface area is 131 Å². The van der Waals surface area contributed by atoms with Crippen molar-refractivity contribution in [1.29, 1.82) is 0 Å². The summed E-state index contributed by atoms with van der Waals surface area (Å²) in [6.45, 7) is 5.86. The molecule has 22 heavy (non-hydrogen) atoms. The summed E-state index contributed by atoms with van der Waals surface area (Å²) in [4.78, 5) is 2.49. The number of aryl methyl sites for hydroxylation is 1. The third-order valence-electron chi connectivity index (χ3n) is 4.25. The molecule has 1 aromatic carbocycles. The number of hydrogen-bond donors (Lipinski definition) is 2. The molecule has 2 heterocycles. The Morgan fingerprint density at radius 3 is 2.73 bits per heavy atom. The van der Waals surface area contributed by atoms with E-state index in [9.17, 15) is 5.11 Å². The second kappa shape index (κ2) is 6.99. The van der Waals surface area contributed by atoms with Crippen LogP contribution < -0.4 is 5.32 Å². The largest absolute Gasteiger partial charge is 0.508 e. The van der Waals surface area contributed by atoms with Gasteiger partial charge in [-0.2, -0.15) is 0 Å². The maximum absolute atomic E-state index is 9.52.